The highest BCUT2D eigenvalue weighted by Gasteiger charge is 2.31. The zero-order valence-electron chi connectivity index (χ0n) is 15.8. The van der Waals surface area contributed by atoms with E-state index in [0.29, 0.717) is 29.2 Å². The van der Waals surface area contributed by atoms with Crippen molar-refractivity contribution in [1.82, 2.24) is 9.88 Å². The van der Waals surface area contributed by atoms with Crippen LogP contribution in [0.1, 0.15) is 30.7 Å². The molecule has 0 aliphatic carbocycles. The minimum Gasteiger partial charge on any atom is -0.441 e. The number of hydrogen-bond acceptors (Lipinski definition) is 5. The number of oxazole rings is 1. The van der Waals surface area contributed by atoms with Crippen molar-refractivity contribution >= 4 is 5.69 Å². The molecular formula is C22H23N3O3. The summed E-state index contributed by atoms with van der Waals surface area (Å²) >= 11 is 0. The molecule has 0 radical (unpaired) electrons. The second kappa shape index (κ2) is 7.94. The third-order valence-corrected chi connectivity index (χ3v) is 5.62. The number of hydrogen-bond donors (Lipinski definition) is 0. The quantitative estimate of drug-likeness (QED) is 0.461. The maximum absolute atomic E-state index is 11.0. The lowest BCUT2D eigenvalue weighted by Crippen LogP contribution is -2.31. The molecule has 2 unspecified atom stereocenters. The van der Waals surface area contributed by atoms with Crippen molar-refractivity contribution in [2.24, 2.45) is 0 Å². The maximum atomic E-state index is 11.0. The summed E-state index contributed by atoms with van der Waals surface area (Å²) in [4.78, 5) is 17.4. The van der Waals surface area contributed by atoms with Gasteiger partial charge >= 0.3 is 0 Å². The van der Waals surface area contributed by atoms with Crippen molar-refractivity contribution in [2.45, 2.75) is 31.7 Å². The Kier molecular flexibility index (Phi) is 5.21. The van der Waals surface area contributed by atoms with Gasteiger partial charge in [-0.05, 0) is 25.5 Å². The van der Waals surface area contributed by atoms with E-state index in [-0.39, 0.29) is 5.69 Å². The van der Waals surface area contributed by atoms with Crippen molar-refractivity contribution in [3.63, 3.8) is 0 Å². The Bertz CT molecular complexity index is 954. The first-order valence-corrected chi connectivity index (χ1v) is 9.60. The van der Waals surface area contributed by atoms with Gasteiger partial charge in [-0.1, -0.05) is 42.5 Å². The molecule has 1 fully saturated rings. The predicted molar refractivity (Wildman–Crippen MR) is 107 cm³/mol. The molecular weight excluding hydrogens is 354 g/mol. The van der Waals surface area contributed by atoms with Gasteiger partial charge in [0.1, 0.15) is 0 Å². The number of rotatable bonds is 6. The van der Waals surface area contributed by atoms with Crippen molar-refractivity contribution in [2.75, 3.05) is 13.1 Å². The molecule has 2 aromatic carbocycles. The van der Waals surface area contributed by atoms with Gasteiger partial charge in [0.15, 0.2) is 11.7 Å². The fourth-order valence-electron chi connectivity index (χ4n) is 4.04. The molecule has 6 heteroatoms. The fourth-order valence-corrected chi connectivity index (χ4v) is 4.04. The van der Waals surface area contributed by atoms with Crippen LogP contribution < -0.4 is 0 Å². The molecule has 2 heterocycles. The van der Waals surface area contributed by atoms with Gasteiger partial charge in [0.05, 0.1) is 11.1 Å². The zero-order valence-corrected chi connectivity index (χ0v) is 15.8. The van der Waals surface area contributed by atoms with Crippen molar-refractivity contribution in [3.05, 3.63) is 82.4 Å². The summed E-state index contributed by atoms with van der Waals surface area (Å²) in [5.41, 5.74) is 2.13. The first kappa shape index (κ1) is 18.4. The molecule has 1 aliphatic rings. The summed E-state index contributed by atoms with van der Waals surface area (Å²) in [6.45, 7) is 4.24. The standard InChI is InChI=1S/C22H23N3O3/c1-16-20(17-6-3-2-4-7-17)10-12-24(16)13-11-22-23-15-21(28-22)18-8-5-9-19(14-18)25(26)27/h2-9,14-16,20H,10-13H2,1H3. The Balaban J connectivity index is 1.39. The molecule has 4 rings (SSSR count). The van der Waals surface area contributed by atoms with E-state index < -0.39 is 4.92 Å². The third kappa shape index (κ3) is 3.82. The molecule has 0 bridgehead atoms. The Hall–Kier alpha value is -2.99. The minimum absolute atomic E-state index is 0.0493. The van der Waals surface area contributed by atoms with E-state index in [0.717, 1.165) is 25.9 Å². The fraction of sp³-hybridized carbons (Fsp3) is 0.318. The molecule has 1 aromatic heterocycles. The topological polar surface area (TPSA) is 72.4 Å². The van der Waals surface area contributed by atoms with Gasteiger partial charge in [0.25, 0.3) is 5.69 Å². The van der Waals surface area contributed by atoms with Crippen LogP contribution >= 0.6 is 0 Å². The highest BCUT2D eigenvalue weighted by molar-refractivity contribution is 5.60. The summed E-state index contributed by atoms with van der Waals surface area (Å²) in [6.07, 6.45) is 3.53. The van der Waals surface area contributed by atoms with E-state index in [2.05, 4.69) is 47.1 Å². The molecule has 6 nitrogen and oxygen atoms in total. The van der Waals surface area contributed by atoms with E-state index >= 15 is 0 Å². The zero-order chi connectivity index (χ0) is 19.5. The number of aromatic nitrogens is 1. The van der Waals surface area contributed by atoms with Crippen LogP contribution in [-0.4, -0.2) is 33.9 Å². The van der Waals surface area contributed by atoms with E-state index in [1.165, 1.54) is 17.7 Å². The van der Waals surface area contributed by atoms with Crippen LogP contribution in [0.25, 0.3) is 11.3 Å². The van der Waals surface area contributed by atoms with Crippen LogP contribution in [0.3, 0.4) is 0 Å². The molecule has 144 valence electrons. The normalized spacial score (nSPS) is 19.8. The largest absolute Gasteiger partial charge is 0.441 e. The van der Waals surface area contributed by atoms with Crippen LogP contribution in [0.5, 0.6) is 0 Å². The Labute approximate surface area is 164 Å². The highest BCUT2D eigenvalue weighted by atomic mass is 16.6. The van der Waals surface area contributed by atoms with Crippen LogP contribution in [0.4, 0.5) is 5.69 Å². The summed E-state index contributed by atoms with van der Waals surface area (Å²) < 4.78 is 5.85. The Morgan fingerprint density at radius 1 is 1.21 bits per heavy atom. The van der Waals surface area contributed by atoms with Gasteiger partial charge in [-0.25, -0.2) is 4.98 Å². The summed E-state index contributed by atoms with van der Waals surface area (Å²) in [5.74, 6) is 1.79. The molecule has 3 aromatic rings. The number of nitro groups is 1. The highest BCUT2D eigenvalue weighted by Crippen LogP contribution is 2.33. The molecule has 0 N–H and O–H groups in total. The molecule has 0 amide bonds. The number of likely N-dealkylation sites (tertiary alicyclic amines) is 1. The minimum atomic E-state index is -0.404. The second-order valence-electron chi connectivity index (χ2n) is 7.26. The van der Waals surface area contributed by atoms with Gasteiger partial charge in [-0.15, -0.1) is 0 Å². The van der Waals surface area contributed by atoms with E-state index in [1.54, 1.807) is 18.3 Å². The van der Waals surface area contributed by atoms with Crippen LogP contribution in [0.15, 0.2) is 65.2 Å². The monoisotopic (exact) mass is 377 g/mol. The smallest absolute Gasteiger partial charge is 0.270 e. The van der Waals surface area contributed by atoms with Crippen molar-refractivity contribution in [1.29, 1.82) is 0 Å². The third-order valence-electron chi connectivity index (χ3n) is 5.62. The summed E-state index contributed by atoms with van der Waals surface area (Å²) in [5, 5.41) is 11.0. The first-order chi connectivity index (χ1) is 13.6. The number of benzene rings is 2. The van der Waals surface area contributed by atoms with Crippen LogP contribution in [-0.2, 0) is 6.42 Å². The Morgan fingerprint density at radius 3 is 2.82 bits per heavy atom. The second-order valence-corrected chi connectivity index (χ2v) is 7.26. The molecule has 1 saturated heterocycles. The maximum Gasteiger partial charge on any atom is 0.270 e. The van der Waals surface area contributed by atoms with Gasteiger partial charge in [-0.3, -0.25) is 15.0 Å². The van der Waals surface area contributed by atoms with Gasteiger partial charge in [0.2, 0.25) is 0 Å². The lowest BCUT2D eigenvalue weighted by molar-refractivity contribution is -0.384. The lowest BCUT2D eigenvalue weighted by Gasteiger charge is -2.24. The van der Waals surface area contributed by atoms with Crippen LogP contribution in [0.2, 0.25) is 0 Å². The predicted octanol–water partition coefficient (Wildman–Crippen LogP) is 4.67. The summed E-state index contributed by atoms with van der Waals surface area (Å²) in [7, 11) is 0. The number of nitro benzene ring substituents is 1. The molecule has 0 spiro atoms. The molecule has 28 heavy (non-hydrogen) atoms. The summed E-state index contributed by atoms with van der Waals surface area (Å²) in [6, 6.07) is 17.6. The Morgan fingerprint density at radius 2 is 2.04 bits per heavy atom. The number of nitrogens with zero attached hydrogens (tertiary/aromatic N) is 3. The van der Waals surface area contributed by atoms with E-state index in [4.69, 9.17) is 4.42 Å². The molecule has 1 aliphatic heterocycles. The average molecular weight is 377 g/mol. The molecule has 2 atom stereocenters. The van der Waals surface area contributed by atoms with Gasteiger partial charge < -0.3 is 4.42 Å². The van der Waals surface area contributed by atoms with Gasteiger partial charge in [-0.2, -0.15) is 0 Å². The SMILES string of the molecule is CC1C(c2ccccc2)CCN1CCc1ncc(-c2cccc([N+](=O)[O-])c2)o1. The van der Waals surface area contributed by atoms with E-state index in [9.17, 15) is 10.1 Å². The average Bonchev–Trinajstić information content (AvgIpc) is 3.34. The first-order valence-electron chi connectivity index (χ1n) is 9.60. The van der Waals surface area contributed by atoms with Gasteiger partial charge in [0, 0.05) is 42.6 Å². The number of non-ortho nitro benzene ring substituents is 1. The van der Waals surface area contributed by atoms with Crippen molar-refractivity contribution in [3.8, 4) is 11.3 Å². The van der Waals surface area contributed by atoms with Crippen molar-refractivity contribution < 1.29 is 9.34 Å². The molecule has 0 saturated carbocycles. The van der Waals surface area contributed by atoms with Crippen LogP contribution in [0, 0.1) is 10.1 Å². The van der Waals surface area contributed by atoms with E-state index in [1.807, 2.05) is 0 Å². The lowest BCUT2D eigenvalue weighted by atomic mass is 9.93.